The van der Waals surface area contributed by atoms with E-state index in [4.69, 9.17) is 4.74 Å². The van der Waals surface area contributed by atoms with Gasteiger partial charge >= 0.3 is 0 Å². The zero-order chi connectivity index (χ0) is 15.5. The summed E-state index contributed by atoms with van der Waals surface area (Å²) < 4.78 is 7.25. The molecule has 1 aromatic carbocycles. The highest BCUT2D eigenvalue weighted by molar-refractivity contribution is 5.67. The quantitative estimate of drug-likeness (QED) is 0.892. The number of hydrogen-bond acceptors (Lipinski definition) is 3. The number of ether oxygens (including phenoxy) is 1. The van der Waals surface area contributed by atoms with E-state index < -0.39 is 0 Å². The molecule has 1 aliphatic carbocycles. The van der Waals surface area contributed by atoms with Crippen LogP contribution in [0.5, 0.6) is 5.75 Å². The number of hydrogen-bond donors (Lipinski definition) is 1. The van der Waals surface area contributed by atoms with Crippen LogP contribution < -0.4 is 15.6 Å². The van der Waals surface area contributed by atoms with Crippen molar-refractivity contribution in [3.8, 4) is 17.0 Å². The Balaban J connectivity index is 2.00. The van der Waals surface area contributed by atoms with Crippen LogP contribution in [-0.4, -0.2) is 17.7 Å². The van der Waals surface area contributed by atoms with Gasteiger partial charge in [0.25, 0.3) is 5.56 Å². The molecule has 0 atom stereocenters. The topological polar surface area (TPSA) is 43.3 Å². The first kappa shape index (κ1) is 14.9. The molecule has 1 heterocycles. The molecule has 0 amide bonds. The Kier molecular flexibility index (Phi) is 4.29. The fourth-order valence-electron chi connectivity index (χ4n) is 2.71. The maximum absolute atomic E-state index is 12.7. The number of rotatable bonds is 6. The van der Waals surface area contributed by atoms with Gasteiger partial charge in [0, 0.05) is 30.3 Å². The van der Waals surface area contributed by atoms with Crippen LogP contribution in [0.2, 0.25) is 0 Å². The predicted octanol–water partition coefficient (Wildman–Crippen LogP) is 2.80. The van der Waals surface area contributed by atoms with Gasteiger partial charge in [0.1, 0.15) is 5.75 Å². The van der Waals surface area contributed by atoms with Gasteiger partial charge in [-0.3, -0.25) is 4.79 Å². The summed E-state index contributed by atoms with van der Waals surface area (Å²) in [5, 5.41) is 3.41. The highest BCUT2D eigenvalue weighted by Crippen LogP contribution is 2.29. The molecule has 2 aromatic rings. The number of methoxy groups -OCH3 is 1. The monoisotopic (exact) mass is 298 g/mol. The average Bonchev–Trinajstić information content (AvgIpc) is 3.37. The first-order chi connectivity index (χ1) is 10.7. The van der Waals surface area contributed by atoms with Crippen molar-refractivity contribution in [1.29, 1.82) is 0 Å². The van der Waals surface area contributed by atoms with Gasteiger partial charge in [-0.2, -0.15) is 0 Å². The Morgan fingerprint density at radius 3 is 2.68 bits per heavy atom. The number of aromatic nitrogens is 1. The normalized spacial score (nSPS) is 14.1. The van der Waals surface area contributed by atoms with E-state index in [1.54, 1.807) is 7.11 Å². The third-order valence-corrected chi connectivity index (χ3v) is 4.11. The third kappa shape index (κ3) is 2.92. The zero-order valence-corrected chi connectivity index (χ0v) is 13.1. The van der Waals surface area contributed by atoms with Crippen LogP contribution in [0.3, 0.4) is 0 Å². The second-order valence-corrected chi connectivity index (χ2v) is 5.65. The lowest BCUT2D eigenvalue weighted by Gasteiger charge is -2.15. The Labute approximate surface area is 130 Å². The van der Waals surface area contributed by atoms with Crippen LogP contribution in [0.4, 0.5) is 0 Å². The highest BCUT2D eigenvalue weighted by Gasteiger charge is 2.21. The molecule has 3 rings (SSSR count). The van der Waals surface area contributed by atoms with E-state index in [2.05, 4.69) is 5.32 Å². The first-order valence-corrected chi connectivity index (χ1v) is 7.84. The predicted molar refractivity (Wildman–Crippen MR) is 88.2 cm³/mol. The molecule has 22 heavy (non-hydrogen) atoms. The molecular formula is C18H22N2O2. The maximum Gasteiger partial charge on any atom is 0.255 e. The highest BCUT2D eigenvalue weighted by atomic mass is 16.5. The van der Waals surface area contributed by atoms with Crippen molar-refractivity contribution < 1.29 is 4.74 Å². The second-order valence-electron chi connectivity index (χ2n) is 5.65. The van der Waals surface area contributed by atoms with Gasteiger partial charge in [-0.05, 0) is 38.0 Å². The molecular weight excluding hydrogens is 276 g/mol. The summed E-state index contributed by atoms with van der Waals surface area (Å²) in [5.74, 6) is 0.785. The van der Waals surface area contributed by atoms with Gasteiger partial charge in [0.15, 0.2) is 0 Å². The molecule has 4 nitrogen and oxygen atoms in total. The van der Waals surface area contributed by atoms with Crippen molar-refractivity contribution in [2.75, 3.05) is 7.11 Å². The minimum Gasteiger partial charge on any atom is -0.496 e. The van der Waals surface area contributed by atoms with Crippen molar-refractivity contribution >= 4 is 0 Å². The Morgan fingerprint density at radius 1 is 1.23 bits per heavy atom. The molecule has 0 saturated heterocycles. The van der Waals surface area contributed by atoms with Crippen LogP contribution in [0.25, 0.3) is 11.3 Å². The number of benzene rings is 1. The molecule has 116 valence electrons. The van der Waals surface area contributed by atoms with Gasteiger partial charge in [0.05, 0.1) is 12.8 Å². The molecule has 1 N–H and O–H groups in total. The van der Waals surface area contributed by atoms with Crippen molar-refractivity contribution in [1.82, 2.24) is 9.88 Å². The van der Waals surface area contributed by atoms with E-state index in [9.17, 15) is 4.79 Å². The fraction of sp³-hybridized carbons (Fsp3) is 0.389. The number of nitrogens with zero attached hydrogens (tertiary/aromatic N) is 1. The largest absolute Gasteiger partial charge is 0.496 e. The molecule has 0 radical (unpaired) electrons. The van der Waals surface area contributed by atoms with E-state index in [-0.39, 0.29) is 5.56 Å². The summed E-state index contributed by atoms with van der Waals surface area (Å²) in [6, 6.07) is 12.4. The molecule has 1 aliphatic rings. The summed E-state index contributed by atoms with van der Waals surface area (Å²) in [6.07, 6.45) is 2.45. The van der Waals surface area contributed by atoms with Crippen LogP contribution in [-0.2, 0) is 13.1 Å². The lowest BCUT2D eigenvalue weighted by atomic mass is 10.1. The Bertz CT molecular complexity index is 717. The standard InChI is InChI=1S/C18H22N2O2/c1-3-20-16(15-6-4-5-7-17(15)22-2)11-8-13(18(20)21)12-19-14-9-10-14/h4-8,11,14,19H,3,9-10,12H2,1-2H3. The SMILES string of the molecule is CCn1c(-c2ccccc2OC)ccc(CNC2CC2)c1=O. The van der Waals surface area contributed by atoms with Crippen molar-refractivity contribution in [2.24, 2.45) is 0 Å². The van der Waals surface area contributed by atoms with E-state index in [0.29, 0.717) is 19.1 Å². The van der Waals surface area contributed by atoms with Crippen molar-refractivity contribution in [2.45, 2.75) is 38.9 Å². The lowest BCUT2D eigenvalue weighted by molar-refractivity contribution is 0.416. The molecule has 1 aromatic heterocycles. The molecule has 4 heteroatoms. The summed E-state index contributed by atoms with van der Waals surface area (Å²) in [6.45, 7) is 3.29. The fourth-order valence-corrected chi connectivity index (χ4v) is 2.71. The van der Waals surface area contributed by atoms with Crippen molar-refractivity contribution in [3.63, 3.8) is 0 Å². The van der Waals surface area contributed by atoms with Crippen LogP contribution in [0, 0.1) is 0 Å². The van der Waals surface area contributed by atoms with E-state index in [1.165, 1.54) is 12.8 Å². The third-order valence-electron chi connectivity index (χ3n) is 4.11. The summed E-state index contributed by atoms with van der Waals surface area (Å²) in [5.41, 5.74) is 2.76. The minimum atomic E-state index is 0.0825. The zero-order valence-electron chi connectivity index (χ0n) is 13.1. The average molecular weight is 298 g/mol. The smallest absolute Gasteiger partial charge is 0.255 e. The second kappa shape index (κ2) is 6.36. The molecule has 0 bridgehead atoms. The molecule has 0 unspecified atom stereocenters. The van der Waals surface area contributed by atoms with Gasteiger partial charge in [-0.25, -0.2) is 0 Å². The van der Waals surface area contributed by atoms with Gasteiger partial charge < -0.3 is 14.6 Å². The van der Waals surface area contributed by atoms with E-state index in [1.807, 2.05) is 47.9 Å². The van der Waals surface area contributed by atoms with E-state index in [0.717, 1.165) is 22.6 Å². The van der Waals surface area contributed by atoms with E-state index >= 15 is 0 Å². The molecule has 0 spiro atoms. The first-order valence-electron chi connectivity index (χ1n) is 7.84. The van der Waals surface area contributed by atoms with Gasteiger partial charge in [-0.1, -0.05) is 18.2 Å². The maximum atomic E-state index is 12.7. The minimum absolute atomic E-state index is 0.0825. The summed E-state index contributed by atoms with van der Waals surface area (Å²) >= 11 is 0. The van der Waals surface area contributed by atoms with Crippen LogP contribution in [0.15, 0.2) is 41.2 Å². The van der Waals surface area contributed by atoms with Crippen LogP contribution >= 0.6 is 0 Å². The van der Waals surface area contributed by atoms with Gasteiger partial charge in [0.2, 0.25) is 0 Å². The lowest BCUT2D eigenvalue weighted by Crippen LogP contribution is -2.28. The molecule has 1 fully saturated rings. The molecule has 1 saturated carbocycles. The Morgan fingerprint density at radius 2 is 2.00 bits per heavy atom. The number of nitrogens with one attached hydrogen (secondary N) is 1. The van der Waals surface area contributed by atoms with Gasteiger partial charge in [-0.15, -0.1) is 0 Å². The number of para-hydroxylation sites is 1. The Hall–Kier alpha value is -2.07. The summed E-state index contributed by atoms with van der Waals surface area (Å²) in [7, 11) is 1.65. The molecule has 0 aliphatic heterocycles. The summed E-state index contributed by atoms with van der Waals surface area (Å²) in [4.78, 5) is 12.7. The van der Waals surface area contributed by atoms with Crippen LogP contribution in [0.1, 0.15) is 25.3 Å². The number of pyridine rings is 1. The van der Waals surface area contributed by atoms with Crippen molar-refractivity contribution in [3.05, 3.63) is 52.3 Å².